The third-order valence-corrected chi connectivity index (χ3v) is 3.38. The van der Waals surface area contributed by atoms with Crippen LogP contribution in [0.4, 0.5) is 0 Å². The minimum absolute atomic E-state index is 0.122. The van der Waals surface area contributed by atoms with E-state index in [1.807, 2.05) is 30.3 Å². The Hall–Kier alpha value is -1.61. The highest BCUT2D eigenvalue weighted by Crippen LogP contribution is 2.24. The van der Waals surface area contributed by atoms with Gasteiger partial charge in [0.25, 0.3) is 0 Å². The molecule has 1 aliphatic heterocycles. The van der Waals surface area contributed by atoms with Crippen LogP contribution in [0.5, 0.6) is 0 Å². The van der Waals surface area contributed by atoms with Gasteiger partial charge in [-0.15, -0.1) is 0 Å². The van der Waals surface area contributed by atoms with Crippen molar-refractivity contribution >= 4 is 16.8 Å². The summed E-state index contributed by atoms with van der Waals surface area (Å²) in [6.07, 6.45) is 1.83. The molecule has 1 saturated heterocycles. The summed E-state index contributed by atoms with van der Waals surface area (Å²) in [6.45, 7) is 1.85. The van der Waals surface area contributed by atoms with Gasteiger partial charge in [-0.1, -0.05) is 18.2 Å². The molecular weight excluding hydrogens is 214 g/mol. The van der Waals surface area contributed by atoms with E-state index < -0.39 is 0 Å². The number of carbonyl (C=O) groups is 1. The maximum Gasteiger partial charge on any atom is 0.201 e. The number of Topliss-reactive ketones (excluding diaryl/α,β-unsaturated/α-hetero) is 1. The molecule has 17 heavy (non-hydrogen) atoms. The summed E-state index contributed by atoms with van der Waals surface area (Å²) in [5.41, 5.74) is 0.796. The van der Waals surface area contributed by atoms with Gasteiger partial charge in [-0.3, -0.25) is 4.79 Å². The number of nitrogens with one attached hydrogen (secondary N) is 1. The number of furan rings is 1. The summed E-state index contributed by atoms with van der Waals surface area (Å²) >= 11 is 0. The molecule has 1 aliphatic rings. The highest BCUT2D eigenvalue weighted by molar-refractivity contribution is 5.99. The van der Waals surface area contributed by atoms with Gasteiger partial charge < -0.3 is 9.73 Å². The van der Waals surface area contributed by atoms with Crippen LogP contribution in [-0.2, 0) is 0 Å². The largest absolute Gasteiger partial charge is 0.453 e. The fourth-order valence-corrected chi connectivity index (χ4v) is 2.39. The van der Waals surface area contributed by atoms with Crippen LogP contribution in [-0.4, -0.2) is 18.9 Å². The Bertz CT molecular complexity index is 505. The SMILES string of the molecule is O=C(c1cc2ccccc2o1)C1CCNCC1. The molecule has 0 unspecified atom stereocenters. The zero-order valence-electron chi connectivity index (χ0n) is 9.61. The van der Waals surface area contributed by atoms with E-state index in [0.717, 1.165) is 36.9 Å². The summed E-state index contributed by atoms with van der Waals surface area (Å²) in [7, 11) is 0. The van der Waals surface area contributed by atoms with E-state index in [-0.39, 0.29) is 11.7 Å². The maximum atomic E-state index is 12.2. The summed E-state index contributed by atoms with van der Waals surface area (Å²) < 4.78 is 5.61. The number of rotatable bonds is 2. The summed E-state index contributed by atoms with van der Waals surface area (Å²) in [5.74, 6) is 0.789. The van der Waals surface area contributed by atoms with Gasteiger partial charge in [0.1, 0.15) is 5.58 Å². The molecule has 0 bridgehead atoms. The second-order valence-electron chi connectivity index (χ2n) is 4.54. The molecule has 1 aromatic carbocycles. The number of fused-ring (bicyclic) bond motifs is 1. The lowest BCUT2D eigenvalue weighted by Crippen LogP contribution is -2.31. The molecule has 0 amide bonds. The fourth-order valence-electron chi connectivity index (χ4n) is 2.39. The van der Waals surface area contributed by atoms with Crippen molar-refractivity contribution in [2.24, 2.45) is 5.92 Å². The normalized spacial score (nSPS) is 17.4. The molecule has 0 spiro atoms. The average molecular weight is 229 g/mol. The van der Waals surface area contributed by atoms with E-state index in [2.05, 4.69) is 5.32 Å². The van der Waals surface area contributed by atoms with Gasteiger partial charge >= 0.3 is 0 Å². The van der Waals surface area contributed by atoms with E-state index in [9.17, 15) is 4.79 Å². The van der Waals surface area contributed by atoms with E-state index in [0.29, 0.717) is 5.76 Å². The summed E-state index contributed by atoms with van der Waals surface area (Å²) in [5, 5.41) is 4.27. The van der Waals surface area contributed by atoms with Gasteiger partial charge in [-0.05, 0) is 38.1 Å². The van der Waals surface area contributed by atoms with E-state index in [1.54, 1.807) is 0 Å². The fraction of sp³-hybridized carbons (Fsp3) is 0.357. The number of carbonyl (C=O) groups excluding carboxylic acids is 1. The molecular formula is C14H15NO2. The molecule has 3 heteroatoms. The van der Waals surface area contributed by atoms with Crippen LogP contribution >= 0.6 is 0 Å². The smallest absolute Gasteiger partial charge is 0.201 e. The molecule has 1 N–H and O–H groups in total. The molecule has 2 aromatic rings. The van der Waals surface area contributed by atoms with Crippen LogP contribution in [0.2, 0.25) is 0 Å². The van der Waals surface area contributed by atoms with Crippen LogP contribution in [0, 0.1) is 5.92 Å². The van der Waals surface area contributed by atoms with E-state index >= 15 is 0 Å². The van der Waals surface area contributed by atoms with Crippen molar-refractivity contribution < 1.29 is 9.21 Å². The lowest BCUT2D eigenvalue weighted by atomic mass is 9.92. The van der Waals surface area contributed by atoms with Crippen LogP contribution in [0.15, 0.2) is 34.7 Å². The second-order valence-corrected chi connectivity index (χ2v) is 4.54. The van der Waals surface area contributed by atoms with Gasteiger partial charge in [0.15, 0.2) is 5.76 Å². The Morgan fingerprint density at radius 3 is 2.76 bits per heavy atom. The van der Waals surface area contributed by atoms with Gasteiger partial charge in [0, 0.05) is 11.3 Å². The number of ketones is 1. The van der Waals surface area contributed by atoms with Gasteiger partial charge in [-0.25, -0.2) is 0 Å². The quantitative estimate of drug-likeness (QED) is 0.805. The first-order valence-electron chi connectivity index (χ1n) is 6.08. The number of hydrogen-bond acceptors (Lipinski definition) is 3. The number of benzene rings is 1. The van der Waals surface area contributed by atoms with Crippen LogP contribution in [0.1, 0.15) is 23.4 Å². The van der Waals surface area contributed by atoms with Crippen molar-refractivity contribution in [2.75, 3.05) is 13.1 Å². The average Bonchev–Trinajstić information content (AvgIpc) is 2.82. The third-order valence-electron chi connectivity index (χ3n) is 3.38. The maximum absolute atomic E-state index is 12.2. The minimum Gasteiger partial charge on any atom is -0.453 e. The first-order chi connectivity index (χ1) is 8.34. The van der Waals surface area contributed by atoms with E-state index in [4.69, 9.17) is 4.42 Å². The van der Waals surface area contributed by atoms with Crippen LogP contribution < -0.4 is 5.32 Å². The van der Waals surface area contributed by atoms with Crippen molar-refractivity contribution in [1.29, 1.82) is 0 Å². The van der Waals surface area contributed by atoms with Crippen LogP contribution in [0.25, 0.3) is 11.0 Å². The molecule has 0 saturated carbocycles. The predicted molar refractivity (Wildman–Crippen MR) is 66.1 cm³/mol. The Balaban J connectivity index is 1.89. The molecule has 1 aromatic heterocycles. The lowest BCUT2D eigenvalue weighted by molar-refractivity contribution is 0.0868. The monoisotopic (exact) mass is 229 g/mol. The topological polar surface area (TPSA) is 42.2 Å². The second kappa shape index (κ2) is 4.34. The van der Waals surface area contributed by atoms with Crippen molar-refractivity contribution in [3.8, 4) is 0 Å². The first-order valence-corrected chi connectivity index (χ1v) is 6.08. The zero-order chi connectivity index (χ0) is 11.7. The zero-order valence-corrected chi connectivity index (χ0v) is 9.61. The molecule has 1 fully saturated rings. The molecule has 0 radical (unpaired) electrons. The van der Waals surface area contributed by atoms with Gasteiger partial charge in [-0.2, -0.15) is 0 Å². The van der Waals surface area contributed by atoms with Gasteiger partial charge in [0.05, 0.1) is 0 Å². The van der Waals surface area contributed by atoms with Crippen molar-refractivity contribution in [2.45, 2.75) is 12.8 Å². The van der Waals surface area contributed by atoms with Crippen molar-refractivity contribution in [3.63, 3.8) is 0 Å². The number of para-hydroxylation sites is 1. The summed E-state index contributed by atoms with van der Waals surface area (Å²) in [4.78, 5) is 12.2. The van der Waals surface area contributed by atoms with Gasteiger partial charge in [0.2, 0.25) is 5.78 Å². The molecule has 0 aliphatic carbocycles. The van der Waals surface area contributed by atoms with Crippen molar-refractivity contribution in [3.05, 3.63) is 36.1 Å². The Labute approximate surface area is 99.8 Å². The Morgan fingerprint density at radius 1 is 1.24 bits per heavy atom. The number of piperidine rings is 1. The number of hydrogen-bond donors (Lipinski definition) is 1. The Morgan fingerprint density at radius 2 is 2.00 bits per heavy atom. The van der Waals surface area contributed by atoms with E-state index in [1.165, 1.54) is 0 Å². The first kappa shape index (κ1) is 10.5. The molecule has 88 valence electrons. The highest BCUT2D eigenvalue weighted by Gasteiger charge is 2.24. The lowest BCUT2D eigenvalue weighted by Gasteiger charge is -2.20. The predicted octanol–water partition coefficient (Wildman–Crippen LogP) is 2.62. The summed E-state index contributed by atoms with van der Waals surface area (Å²) in [6, 6.07) is 9.60. The molecule has 0 atom stereocenters. The standard InChI is InChI=1S/C14H15NO2/c16-14(10-5-7-15-8-6-10)13-9-11-3-1-2-4-12(11)17-13/h1-4,9-10,15H,5-8H2. The molecule has 3 rings (SSSR count). The molecule has 2 heterocycles. The third kappa shape index (κ3) is 1.98. The molecule has 3 nitrogen and oxygen atoms in total. The Kier molecular flexibility index (Phi) is 2.69. The highest BCUT2D eigenvalue weighted by atomic mass is 16.3. The van der Waals surface area contributed by atoms with Crippen molar-refractivity contribution in [1.82, 2.24) is 5.32 Å². The van der Waals surface area contributed by atoms with Crippen LogP contribution in [0.3, 0.4) is 0 Å². The minimum atomic E-state index is 0.122.